The van der Waals surface area contributed by atoms with Crippen molar-refractivity contribution < 1.29 is 33.3 Å². The van der Waals surface area contributed by atoms with Crippen molar-refractivity contribution in [1.82, 2.24) is 15.1 Å². The van der Waals surface area contributed by atoms with Crippen molar-refractivity contribution in [2.45, 2.75) is 56.1 Å². The summed E-state index contributed by atoms with van der Waals surface area (Å²) in [7, 11) is 1.62. The number of nitrogens with zero attached hydrogens (tertiary/aromatic N) is 2. The zero-order valence-corrected chi connectivity index (χ0v) is 30.4. The van der Waals surface area contributed by atoms with Crippen LogP contribution >= 0.6 is 15.9 Å². The number of hydrogen-bond acceptors (Lipinski definition) is 8. The summed E-state index contributed by atoms with van der Waals surface area (Å²) in [5.74, 6) is 2.43. The first-order chi connectivity index (χ1) is 24.7. The molecule has 3 aromatic rings. The molecule has 1 unspecified atom stereocenters. The number of benzene rings is 3. The Kier molecular flexibility index (Phi) is 11.8. The van der Waals surface area contributed by atoms with E-state index >= 15 is 0 Å². The molecule has 51 heavy (non-hydrogen) atoms. The van der Waals surface area contributed by atoms with E-state index in [1.54, 1.807) is 7.11 Å². The Bertz CT molecular complexity index is 1700. The van der Waals surface area contributed by atoms with Gasteiger partial charge in [-0.3, -0.25) is 19.7 Å². The van der Waals surface area contributed by atoms with Gasteiger partial charge in [0.1, 0.15) is 42.8 Å². The number of halogens is 1. The van der Waals surface area contributed by atoms with E-state index in [4.69, 9.17) is 24.7 Å². The quantitative estimate of drug-likeness (QED) is 0.185. The number of nitrogens with two attached hydrogens (primary N) is 1. The lowest BCUT2D eigenvalue weighted by atomic mass is 9.77. The maximum absolute atomic E-state index is 14.2. The van der Waals surface area contributed by atoms with Crippen LogP contribution in [0.2, 0.25) is 0 Å². The number of hydrogen-bond donors (Lipinski definition) is 2. The highest BCUT2D eigenvalue weighted by molar-refractivity contribution is 9.10. The summed E-state index contributed by atoms with van der Waals surface area (Å²) >= 11 is 3.43. The SMILES string of the molecule is COc1ccc(OCCN(C(=O)C2=CCC3(c4ccc(OCCOc5ccc(Br)cc5)cc4)CN(C(=O)CCCC(N)=O)C[C@H]2N3)C2CC2)cc1. The molecule has 3 amide bonds. The number of carbonyl (C=O) groups is 3. The van der Waals surface area contributed by atoms with Crippen LogP contribution < -0.4 is 30.0 Å². The van der Waals surface area contributed by atoms with Crippen LogP contribution in [0.3, 0.4) is 0 Å². The van der Waals surface area contributed by atoms with Gasteiger partial charge in [0.15, 0.2) is 0 Å². The molecule has 3 N–H and O–H groups in total. The number of methoxy groups -OCH3 is 1. The summed E-state index contributed by atoms with van der Waals surface area (Å²) in [4.78, 5) is 42.9. The number of nitrogens with one attached hydrogen (secondary N) is 1. The Morgan fingerprint density at radius 3 is 2.06 bits per heavy atom. The second kappa shape index (κ2) is 16.6. The molecule has 1 saturated heterocycles. The van der Waals surface area contributed by atoms with Crippen molar-refractivity contribution in [3.05, 3.63) is 94.5 Å². The van der Waals surface area contributed by atoms with Crippen LogP contribution in [0.1, 0.15) is 44.1 Å². The maximum atomic E-state index is 14.2. The molecule has 1 saturated carbocycles. The smallest absolute Gasteiger partial charge is 0.251 e. The molecule has 6 rings (SSSR count). The fourth-order valence-electron chi connectivity index (χ4n) is 6.71. The molecule has 12 heteroatoms. The first kappa shape index (κ1) is 36.2. The predicted octanol–water partition coefficient (Wildman–Crippen LogP) is 4.97. The number of amides is 3. The number of carbonyl (C=O) groups excluding carboxylic acids is 3. The van der Waals surface area contributed by atoms with Gasteiger partial charge < -0.3 is 34.5 Å². The zero-order valence-electron chi connectivity index (χ0n) is 28.9. The molecule has 2 bridgehead atoms. The molecule has 2 aliphatic heterocycles. The Labute approximate surface area is 307 Å². The largest absolute Gasteiger partial charge is 0.497 e. The third-order valence-electron chi connectivity index (χ3n) is 9.52. The van der Waals surface area contributed by atoms with Crippen LogP contribution in [0, 0.1) is 0 Å². The van der Waals surface area contributed by atoms with Crippen LogP contribution in [0.15, 0.2) is 88.9 Å². The van der Waals surface area contributed by atoms with Crippen molar-refractivity contribution in [2.24, 2.45) is 5.73 Å². The van der Waals surface area contributed by atoms with Crippen molar-refractivity contribution in [2.75, 3.05) is 46.6 Å². The molecule has 0 spiro atoms. The molecule has 0 aromatic heterocycles. The van der Waals surface area contributed by atoms with Gasteiger partial charge in [0.25, 0.3) is 5.91 Å². The van der Waals surface area contributed by atoms with Crippen LogP contribution in [-0.4, -0.2) is 86.2 Å². The second-order valence-corrected chi connectivity index (χ2v) is 14.1. The van der Waals surface area contributed by atoms with Crippen LogP contribution in [0.5, 0.6) is 23.0 Å². The van der Waals surface area contributed by atoms with Gasteiger partial charge in [0.2, 0.25) is 11.8 Å². The van der Waals surface area contributed by atoms with Crippen molar-refractivity contribution >= 4 is 33.7 Å². The molecule has 11 nitrogen and oxygen atoms in total. The predicted molar refractivity (Wildman–Crippen MR) is 196 cm³/mol. The lowest BCUT2D eigenvalue weighted by molar-refractivity contribution is -0.136. The fraction of sp³-hybridized carbons (Fsp3) is 0.410. The van der Waals surface area contributed by atoms with Gasteiger partial charge in [0, 0.05) is 42.0 Å². The van der Waals surface area contributed by atoms with Gasteiger partial charge in [-0.2, -0.15) is 0 Å². The molecule has 2 heterocycles. The van der Waals surface area contributed by atoms with Gasteiger partial charge in [-0.15, -0.1) is 0 Å². The average Bonchev–Trinajstić information content (AvgIpc) is 3.98. The lowest BCUT2D eigenvalue weighted by Gasteiger charge is -2.51. The first-order valence-electron chi connectivity index (χ1n) is 17.5. The van der Waals surface area contributed by atoms with Gasteiger partial charge in [-0.25, -0.2) is 0 Å². The van der Waals surface area contributed by atoms with E-state index in [1.165, 1.54) is 0 Å². The minimum absolute atomic E-state index is 0.0286. The number of primary amides is 1. The van der Waals surface area contributed by atoms with E-state index in [0.29, 0.717) is 69.4 Å². The van der Waals surface area contributed by atoms with E-state index in [1.807, 2.05) is 82.6 Å². The third kappa shape index (κ3) is 9.42. The second-order valence-electron chi connectivity index (χ2n) is 13.2. The zero-order chi connectivity index (χ0) is 35.8. The standard InChI is InChI=1S/C39H45BrN4O7/c1-48-30-15-17-33(18-16-30)49-22-21-44(29-9-10-29)38(47)34-19-20-39(26-43(25-35(34)42-39)37(46)4-2-3-36(41)45)27-5-11-31(12-6-27)50-23-24-51-32-13-7-28(40)8-14-32/h5-8,11-19,29,35,42H,2-4,9-10,20-26H2,1H3,(H2,41,45)/t35-,39?/m1/s1. The van der Waals surface area contributed by atoms with E-state index in [2.05, 4.69) is 27.3 Å². The van der Waals surface area contributed by atoms with E-state index < -0.39 is 11.4 Å². The summed E-state index contributed by atoms with van der Waals surface area (Å²) in [5, 5.41) is 3.78. The molecule has 0 radical (unpaired) electrons. The normalized spacial score (nSPS) is 19.5. The molecular formula is C39H45BrN4O7. The lowest BCUT2D eigenvalue weighted by Crippen LogP contribution is -2.66. The number of piperazine rings is 1. The van der Waals surface area contributed by atoms with Crippen LogP contribution in [-0.2, 0) is 19.9 Å². The summed E-state index contributed by atoms with van der Waals surface area (Å²) in [6.07, 6.45) is 5.25. The highest BCUT2D eigenvalue weighted by Crippen LogP contribution is 2.39. The van der Waals surface area contributed by atoms with E-state index in [0.717, 1.165) is 34.4 Å². The number of rotatable bonds is 17. The maximum Gasteiger partial charge on any atom is 0.251 e. The molecule has 270 valence electrons. The van der Waals surface area contributed by atoms with E-state index in [9.17, 15) is 14.4 Å². The topological polar surface area (TPSA) is 133 Å². The molecule has 3 aliphatic rings. The summed E-state index contributed by atoms with van der Waals surface area (Å²) in [6, 6.07) is 22.7. The summed E-state index contributed by atoms with van der Waals surface area (Å²) in [6.45, 7) is 2.38. The van der Waals surface area contributed by atoms with Gasteiger partial charge >= 0.3 is 0 Å². The Hall–Kier alpha value is -4.55. The molecule has 3 aromatic carbocycles. The van der Waals surface area contributed by atoms with Crippen molar-refractivity contribution in [3.8, 4) is 23.0 Å². The monoisotopic (exact) mass is 760 g/mol. The summed E-state index contributed by atoms with van der Waals surface area (Å²) < 4.78 is 23.9. The minimum atomic E-state index is -0.600. The first-order valence-corrected chi connectivity index (χ1v) is 18.3. The number of fused-ring (bicyclic) bond motifs is 2. The highest BCUT2D eigenvalue weighted by Gasteiger charge is 2.47. The summed E-state index contributed by atoms with van der Waals surface area (Å²) in [5.41, 5.74) is 6.41. The van der Waals surface area contributed by atoms with Crippen LogP contribution in [0.4, 0.5) is 0 Å². The third-order valence-corrected chi connectivity index (χ3v) is 10.1. The Morgan fingerprint density at radius 1 is 0.863 bits per heavy atom. The van der Waals surface area contributed by atoms with Crippen molar-refractivity contribution in [3.63, 3.8) is 0 Å². The van der Waals surface area contributed by atoms with Gasteiger partial charge in [0.05, 0.1) is 25.2 Å². The Balaban J connectivity index is 1.14. The molecule has 1 aliphatic carbocycles. The van der Waals surface area contributed by atoms with Crippen LogP contribution in [0.25, 0.3) is 0 Å². The van der Waals surface area contributed by atoms with E-state index in [-0.39, 0.29) is 36.7 Å². The fourth-order valence-corrected chi connectivity index (χ4v) is 6.97. The number of ether oxygens (including phenoxy) is 4. The molecule has 2 fully saturated rings. The highest BCUT2D eigenvalue weighted by atomic mass is 79.9. The van der Waals surface area contributed by atoms with Gasteiger partial charge in [-0.05, 0) is 91.9 Å². The Morgan fingerprint density at radius 2 is 1.45 bits per heavy atom. The molecular weight excluding hydrogens is 716 g/mol. The minimum Gasteiger partial charge on any atom is -0.497 e. The molecule has 2 atom stereocenters. The van der Waals surface area contributed by atoms with Crippen molar-refractivity contribution in [1.29, 1.82) is 0 Å². The van der Waals surface area contributed by atoms with Gasteiger partial charge in [-0.1, -0.05) is 34.1 Å². The average molecular weight is 762 g/mol.